The van der Waals surface area contributed by atoms with Crippen LogP contribution < -0.4 is 5.32 Å². The van der Waals surface area contributed by atoms with Crippen LogP contribution in [-0.4, -0.2) is 47.7 Å². The normalized spacial score (nSPS) is 36.9. The van der Waals surface area contributed by atoms with Gasteiger partial charge < -0.3 is 15.3 Å². The highest BCUT2D eigenvalue weighted by Gasteiger charge is 2.32. The SMILES string of the molecule is CC1CC(C(=O)N2CC[C@@H](O)C2)CCN1. The zero-order valence-corrected chi connectivity index (χ0v) is 9.28. The molecule has 0 aromatic carbocycles. The van der Waals surface area contributed by atoms with Gasteiger partial charge in [-0.1, -0.05) is 0 Å². The van der Waals surface area contributed by atoms with E-state index in [1.165, 1.54) is 0 Å². The Morgan fingerprint density at radius 1 is 1.47 bits per heavy atom. The average Bonchev–Trinajstić information content (AvgIpc) is 2.64. The standard InChI is InChI=1S/C11H20N2O2/c1-8-6-9(2-4-12-8)11(15)13-5-3-10(14)7-13/h8-10,12,14H,2-7H2,1H3/t8?,9?,10-/m1/s1. The molecule has 1 amide bonds. The number of hydrogen-bond donors (Lipinski definition) is 2. The van der Waals surface area contributed by atoms with Crippen molar-refractivity contribution in [3.8, 4) is 0 Å². The second kappa shape index (κ2) is 4.49. The molecule has 0 saturated carbocycles. The first-order valence-electron chi connectivity index (χ1n) is 5.87. The topological polar surface area (TPSA) is 52.6 Å². The van der Waals surface area contributed by atoms with Crippen molar-refractivity contribution in [1.82, 2.24) is 10.2 Å². The third-order valence-electron chi connectivity index (χ3n) is 3.45. The summed E-state index contributed by atoms with van der Waals surface area (Å²) in [4.78, 5) is 13.9. The molecule has 0 aromatic heterocycles. The van der Waals surface area contributed by atoms with Gasteiger partial charge in [-0.2, -0.15) is 0 Å². The lowest BCUT2D eigenvalue weighted by molar-refractivity contribution is -0.136. The van der Waals surface area contributed by atoms with Gasteiger partial charge in [0.1, 0.15) is 0 Å². The van der Waals surface area contributed by atoms with Gasteiger partial charge in [0.05, 0.1) is 6.10 Å². The molecule has 4 heteroatoms. The highest BCUT2D eigenvalue weighted by Crippen LogP contribution is 2.21. The monoisotopic (exact) mass is 212 g/mol. The lowest BCUT2D eigenvalue weighted by atomic mass is 9.92. The Labute approximate surface area is 90.6 Å². The van der Waals surface area contributed by atoms with Crippen molar-refractivity contribution in [2.75, 3.05) is 19.6 Å². The van der Waals surface area contributed by atoms with E-state index in [4.69, 9.17) is 0 Å². The number of carbonyl (C=O) groups excluding carboxylic acids is 1. The molecule has 2 unspecified atom stereocenters. The second-order valence-electron chi connectivity index (χ2n) is 4.80. The minimum Gasteiger partial charge on any atom is -0.391 e. The van der Waals surface area contributed by atoms with Gasteiger partial charge in [-0.15, -0.1) is 0 Å². The predicted molar refractivity (Wildman–Crippen MR) is 57.4 cm³/mol. The van der Waals surface area contributed by atoms with Crippen LogP contribution in [0, 0.1) is 5.92 Å². The Morgan fingerprint density at radius 2 is 2.27 bits per heavy atom. The number of hydrogen-bond acceptors (Lipinski definition) is 3. The zero-order chi connectivity index (χ0) is 10.8. The quantitative estimate of drug-likeness (QED) is 0.641. The third kappa shape index (κ3) is 2.49. The van der Waals surface area contributed by atoms with E-state index >= 15 is 0 Å². The molecule has 86 valence electrons. The Kier molecular flexibility index (Phi) is 3.26. The molecule has 2 rings (SSSR count). The molecule has 2 aliphatic rings. The van der Waals surface area contributed by atoms with E-state index in [-0.39, 0.29) is 17.9 Å². The lowest BCUT2D eigenvalue weighted by Gasteiger charge is -2.30. The minimum atomic E-state index is -0.298. The molecule has 0 aliphatic carbocycles. The van der Waals surface area contributed by atoms with Crippen molar-refractivity contribution in [1.29, 1.82) is 0 Å². The highest BCUT2D eigenvalue weighted by atomic mass is 16.3. The Hall–Kier alpha value is -0.610. The highest BCUT2D eigenvalue weighted by molar-refractivity contribution is 5.79. The zero-order valence-electron chi connectivity index (χ0n) is 9.28. The van der Waals surface area contributed by atoms with Gasteiger partial charge in [-0.05, 0) is 32.7 Å². The molecular weight excluding hydrogens is 192 g/mol. The first-order valence-corrected chi connectivity index (χ1v) is 5.87. The number of nitrogens with one attached hydrogen (secondary N) is 1. The summed E-state index contributed by atoms with van der Waals surface area (Å²) >= 11 is 0. The van der Waals surface area contributed by atoms with Crippen LogP contribution in [0.3, 0.4) is 0 Å². The molecule has 0 bridgehead atoms. The molecule has 3 atom stereocenters. The summed E-state index contributed by atoms with van der Waals surface area (Å²) in [6.07, 6.45) is 2.32. The molecule has 4 nitrogen and oxygen atoms in total. The Bertz CT molecular complexity index is 245. The van der Waals surface area contributed by atoms with Crippen molar-refractivity contribution < 1.29 is 9.90 Å². The first-order chi connectivity index (χ1) is 7.16. The fourth-order valence-electron chi connectivity index (χ4n) is 2.56. The van der Waals surface area contributed by atoms with E-state index in [1.807, 2.05) is 4.90 Å². The summed E-state index contributed by atoms with van der Waals surface area (Å²) in [5.41, 5.74) is 0. The van der Waals surface area contributed by atoms with E-state index in [9.17, 15) is 9.90 Å². The van der Waals surface area contributed by atoms with E-state index in [0.717, 1.165) is 32.4 Å². The number of piperidine rings is 1. The molecule has 0 aromatic rings. The van der Waals surface area contributed by atoms with E-state index in [1.54, 1.807) is 0 Å². The number of aliphatic hydroxyl groups excluding tert-OH is 1. The van der Waals surface area contributed by atoms with E-state index in [2.05, 4.69) is 12.2 Å². The summed E-state index contributed by atoms with van der Waals surface area (Å²) in [5, 5.41) is 12.7. The van der Waals surface area contributed by atoms with Crippen LogP contribution in [0.5, 0.6) is 0 Å². The van der Waals surface area contributed by atoms with Crippen molar-refractivity contribution in [3.63, 3.8) is 0 Å². The van der Waals surface area contributed by atoms with Crippen LogP contribution in [0.15, 0.2) is 0 Å². The summed E-state index contributed by atoms with van der Waals surface area (Å²) in [5.74, 6) is 0.423. The summed E-state index contributed by atoms with van der Waals surface area (Å²) in [6.45, 7) is 4.34. The molecule has 2 heterocycles. The molecule has 2 aliphatic heterocycles. The third-order valence-corrected chi connectivity index (χ3v) is 3.45. The van der Waals surface area contributed by atoms with E-state index in [0.29, 0.717) is 12.6 Å². The minimum absolute atomic E-state index is 0.173. The van der Waals surface area contributed by atoms with Crippen LogP contribution in [0.4, 0.5) is 0 Å². The average molecular weight is 212 g/mol. The van der Waals surface area contributed by atoms with Gasteiger partial charge >= 0.3 is 0 Å². The summed E-state index contributed by atoms with van der Waals surface area (Å²) in [6, 6.07) is 0.445. The number of amides is 1. The molecule has 2 saturated heterocycles. The van der Waals surface area contributed by atoms with Crippen LogP contribution in [0.25, 0.3) is 0 Å². The summed E-state index contributed by atoms with van der Waals surface area (Å²) < 4.78 is 0. The molecular formula is C11H20N2O2. The molecule has 2 fully saturated rings. The second-order valence-corrected chi connectivity index (χ2v) is 4.80. The van der Waals surface area contributed by atoms with Gasteiger partial charge in [0.15, 0.2) is 0 Å². The Balaban J connectivity index is 1.89. The molecule has 2 N–H and O–H groups in total. The number of nitrogens with zero attached hydrogens (tertiary/aromatic N) is 1. The lowest BCUT2D eigenvalue weighted by Crippen LogP contribution is -2.43. The fourth-order valence-corrected chi connectivity index (χ4v) is 2.56. The number of β-amino-alcohol motifs (C(OH)–C–C–N with tert-alkyl or cyclic N) is 1. The van der Waals surface area contributed by atoms with Crippen LogP contribution >= 0.6 is 0 Å². The maximum absolute atomic E-state index is 12.1. The molecule has 0 radical (unpaired) electrons. The largest absolute Gasteiger partial charge is 0.391 e. The molecule has 15 heavy (non-hydrogen) atoms. The van der Waals surface area contributed by atoms with Crippen molar-refractivity contribution in [3.05, 3.63) is 0 Å². The van der Waals surface area contributed by atoms with Crippen molar-refractivity contribution >= 4 is 5.91 Å². The summed E-state index contributed by atoms with van der Waals surface area (Å²) in [7, 11) is 0. The number of rotatable bonds is 1. The van der Waals surface area contributed by atoms with Gasteiger partial charge in [0.25, 0.3) is 0 Å². The molecule has 0 spiro atoms. The van der Waals surface area contributed by atoms with Crippen molar-refractivity contribution in [2.24, 2.45) is 5.92 Å². The van der Waals surface area contributed by atoms with Crippen LogP contribution in [-0.2, 0) is 4.79 Å². The van der Waals surface area contributed by atoms with Crippen molar-refractivity contribution in [2.45, 2.75) is 38.3 Å². The smallest absolute Gasteiger partial charge is 0.225 e. The van der Waals surface area contributed by atoms with Gasteiger partial charge in [0, 0.05) is 25.0 Å². The fraction of sp³-hybridized carbons (Fsp3) is 0.909. The van der Waals surface area contributed by atoms with Gasteiger partial charge in [0.2, 0.25) is 5.91 Å². The first kappa shape index (κ1) is 10.9. The van der Waals surface area contributed by atoms with Crippen LogP contribution in [0.2, 0.25) is 0 Å². The van der Waals surface area contributed by atoms with Crippen LogP contribution in [0.1, 0.15) is 26.2 Å². The van der Waals surface area contributed by atoms with Gasteiger partial charge in [-0.3, -0.25) is 4.79 Å². The number of likely N-dealkylation sites (tertiary alicyclic amines) is 1. The maximum atomic E-state index is 12.1. The predicted octanol–water partition coefficient (Wildman–Crippen LogP) is -0.0323. The van der Waals surface area contributed by atoms with E-state index < -0.39 is 0 Å². The maximum Gasteiger partial charge on any atom is 0.225 e. The van der Waals surface area contributed by atoms with Gasteiger partial charge in [-0.25, -0.2) is 0 Å². The number of carbonyl (C=O) groups is 1. The Morgan fingerprint density at radius 3 is 2.87 bits per heavy atom. The number of aliphatic hydroxyl groups is 1.